The molecule has 1 aromatic heterocycles. The van der Waals surface area contributed by atoms with Gasteiger partial charge >= 0.3 is 0 Å². The minimum absolute atomic E-state index is 0.0969. The van der Waals surface area contributed by atoms with Crippen molar-refractivity contribution in [1.82, 2.24) is 15.0 Å². The number of benzene rings is 1. The van der Waals surface area contributed by atoms with E-state index < -0.39 is 0 Å². The van der Waals surface area contributed by atoms with E-state index in [0.29, 0.717) is 11.9 Å². The molecule has 23 heavy (non-hydrogen) atoms. The first-order valence-corrected chi connectivity index (χ1v) is 7.43. The zero-order valence-corrected chi connectivity index (χ0v) is 14.1. The number of hydrogen-bond acceptors (Lipinski definition) is 6. The fourth-order valence-electron chi connectivity index (χ4n) is 1.86. The van der Waals surface area contributed by atoms with Crippen LogP contribution < -0.4 is 15.5 Å². The summed E-state index contributed by atoms with van der Waals surface area (Å²) >= 11 is 0. The molecule has 7 nitrogen and oxygen atoms in total. The van der Waals surface area contributed by atoms with Gasteiger partial charge in [0.05, 0.1) is 0 Å². The van der Waals surface area contributed by atoms with Crippen LogP contribution in [0.1, 0.15) is 32.5 Å². The van der Waals surface area contributed by atoms with Gasteiger partial charge in [0.25, 0.3) is 0 Å². The minimum Gasteiger partial charge on any atom is -0.347 e. The Hall–Kier alpha value is -2.70. The average Bonchev–Trinajstić information content (AvgIpc) is 2.48. The summed E-state index contributed by atoms with van der Waals surface area (Å²) in [7, 11) is 3.79. The summed E-state index contributed by atoms with van der Waals surface area (Å²) in [5, 5.41) is 5.90. The van der Waals surface area contributed by atoms with Gasteiger partial charge in [0.15, 0.2) is 0 Å². The predicted octanol–water partition coefficient (Wildman–Crippen LogP) is 2.76. The molecule has 0 aliphatic carbocycles. The standard InChI is InChI=1S/C16H22N6O/c1-10(2)14-19-15(21-16(20-14)22(4)5)18-13-8-6-12(7-9-13)17-11(3)23/h6-10H,1-5H3,(H,17,23)(H,18,19,20,21). The second kappa shape index (κ2) is 7.04. The third-order valence-corrected chi connectivity index (χ3v) is 3.02. The molecule has 1 aromatic carbocycles. The molecule has 2 aromatic rings. The zero-order valence-electron chi connectivity index (χ0n) is 14.1. The van der Waals surface area contributed by atoms with E-state index in [1.165, 1.54) is 6.92 Å². The van der Waals surface area contributed by atoms with Gasteiger partial charge in [-0.05, 0) is 24.3 Å². The van der Waals surface area contributed by atoms with Gasteiger partial charge in [-0.2, -0.15) is 15.0 Å². The molecular formula is C16H22N6O. The molecule has 0 aliphatic rings. The van der Waals surface area contributed by atoms with Crippen LogP contribution in [-0.2, 0) is 4.79 Å². The number of nitrogens with one attached hydrogen (secondary N) is 2. The Kier molecular flexibility index (Phi) is 5.10. The van der Waals surface area contributed by atoms with Gasteiger partial charge in [0, 0.05) is 38.3 Å². The highest BCUT2D eigenvalue weighted by atomic mass is 16.1. The Morgan fingerprint density at radius 1 is 1.04 bits per heavy atom. The van der Waals surface area contributed by atoms with Gasteiger partial charge in [-0.15, -0.1) is 0 Å². The lowest BCUT2D eigenvalue weighted by atomic mass is 10.2. The highest BCUT2D eigenvalue weighted by Gasteiger charge is 2.11. The summed E-state index contributed by atoms with van der Waals surface area (Å²) in [5.74, 6) is 1.96. The SMILES string of the molecule is CC(=O)Nc1ccc(Nc2nc(C(C)C)nc(N(C)C)n2)cc1. The number of anilines is 4. The number of carbonyl (C=O) groups excluding carboxylic acids is 1. The number of carbonyl (C=O) groups is 1. The van der Waals surface area contributed by atoms with Crippen molar-refractivity contribution >= 4 is 29.2 Å². The molecule has 0 fully saturated rings. The summed E-state index contributed by atoms with van der Waals surface area (Å²) in [6.07, 6.45) is 0. The van der Waals surface area contributed by atoms with Crippen LogP contribution in [0.2, 0.25) is 0 Å². The Bertz CT molecular complexity index is 655. The van der Waals surface area contributed by atoms with Crippen LogP contribution in [0.5, 0.6) is 0 Å². The second-order valence-electron chi connectivity index (χ2n) is 5.75. The first kappa shape index (κ1) is 16.7. The van der Waals surface area contributed by atoms with E-state index in [4.69, 9.17) is 0 Å². The molecule has 0 radical (unpaired) electrons. The predicted molar refractivity (Wildman–Crippen MR) is 92.3 cm³/mol. The largest absolute Gasteiger partial charge is 0.347 e. The van der Waals surface area contributed by atoms with E-state index in [2.05, 4.69) is 25.6 Å². The Morgan fingerprint density at radius 3 is 2.17 bits per heavy atom. The lowest BCUT2D eigenvalue weighted by Crippen LogP contribution is -2.16. The highest BCUT2D eigenvalue weighted by molar-refractivity contribution is 5.88. The highest BCUT2D eigenvalue weighted by Crippen LogP contribution is 2.20. The number of nitrogens with zero attached hydrogens (tertiary/aromatic N) is 4. The smallest absolute Gasteiger partial charge is 0.232 e. The first-order valence-electron chi connectivity index (χ1n) is 7.43. The summed E-state index contributed by atoms with van der Waals surface area (Å²) < 4.78 is 0. The van der Waals surface area contributed by atoms with Crippen LogP contribution >= 0.6 is 0 Å². The Morgan fingerprint density at radius 2 is 1.65 bits per heavy atom. The van der Waals surface area contributed by atoms with Gasteiger partial charge in [-0.3, -0.25) is 4.79 Å². The van der Waals surface area contributed by atoms with Gasteiger partial charge in [0.1, 0.15) is 5.82 Å². The molecule has 2 rings (SSSR count). The maximum absolute atomic E-state index is 11.0. The molecular weight excluding hydrogens is 292 g/mol. The van der Waals surface area contributed by atoms with E-state index in [0.717, 1.165) is 17.2 Å². The maximum Gasteiger partial charge on any atom is 0.232 e. The van der Waals surface area contributed by atoms with Crippen LogP contribution in [-0.4, -0.2) is 35.0 Å². The van der Waals surface area contributed by atoms with Crippen molar-refractivity contribution in [2.24, 2.45) is 0 Å². The molecule has 0 spiro atoms. The topological polar surface area (TPSA) is 83.0 Å². The van der Waals surface area contributed by atoms with Gasteiger partial charge < -0.3 is 15.5 Å². The van der Waals surface area contributed by atoms with Crippen molar-refractivity contribution in [2.45, 2.75) is 26.7 Å². The molecule has 0 bridgehead atoms. The monoisotopic (exact) mass is 314 g/mol. The van der Waals surface area contributed by atoms with E-state index in [1.807, 2.05) is 57.1 Å². The van der Waals surface area contributed by atoms with Gasteiger partial charge in [-0.1, -0.05) is 13.8 Å². The normalized spacial score (nSPS) is 10.5. The number of amides is 1. The summed E-state index contributed by atoms with van der Waals surface area (Å²) in [6, 6.07) is 7.36. The van der Waals surface area contributed by atoms with Crippen LogP contribution in [0.3, 0.4) is 0 Å². The summed E-state index contributed by atoms with van der Waals surface area (Å²) in [4.78, 5) is 26.2. The van der Waals surface area contributed by atoms with Crippen molar-refractivity contribution in [3.05, 3.63) is 30.1 Å². The van der Waals surface area contributed by atoms with Gasteiger partial charge in [-0.25, -0.2) is 0 Å². The van der Waals surface area contributed by atoms with E-state index in [1.54, 1.807) is 0 Å². The minimum atomic E-state index is -0.0969. The summed E-state index contributed by atoms with van der Waals surface area (Å²) in [6.45, 7) is 5.56. The van der Waals surface area contributed by atoms with Crippen LogP contribution in [0, 0.1) is 0 Å². The van der Waals surface area contributed by atoms with Crippen LogP contribution in [0.15, 0.2) is 24.3 Å². The number of hydrogen-bond donors (Lipinski definition) is 2. The zero-order chi connectivity index (χ0) is 17.0. The number of rotatable bonds is 5. The van der Waals surface area contributed by atoms with Crippen molar-refractivity contribution < 1.29 is 4.79 Å². The van der Waals surface area contributed by atoms with Crippen molar-refractivity contribution in [3.63, 3.8) is 0 Å². The average molecular weight is 314 g/mol. The fourth-order valence-corrected chi connectivity index (χ4v) is 1.86. The quantitative estimate of drug-likeness (QED) is 0.883. The van der Waals surface area contributed by atoms with Crippen molar-refractivity contribution in [1.29, 1.82) is 0 Å². The molecule has 0 saturated carbocycles. The fraction of sp³-hybridized carbons (Fsp3) is 0.375. The van der Waals surface area contributed by atoms with E-state index in [9.17, 15) is 4.79 Å². The third-order valence-electron chi connectivity index (χ3n) is 3.02. The lowest BCUT2D eigenvalue weighted by Gasteiger charge is -2.15. The Labute approximate surface area is 136 Å². The second-order valence-corrected chi connectivity index (χ2v) is 5.75. The lowest BCUT2D eigenvalue weighted by molar-refractivity contribution is -0.114. The molecule has 2 N–H and O–H groups in total. The Balaban J connectivity index is 2.23. The molecule has 0 aliphatic heterocycles. The van der Waals surface area contributed by atoms with E-state index in [-0.39, 0.29) is 11.8 Å². The van der Waals surface area contributed by atoms with Crippen LogP contribution in [0.4, 0.5) is 23.3 Å². The number of aromatic nitrogens is 3. The van der Waals surface area contributed by atoms with Crippen molar-refractivity contribution in [3.8, 4) is 0 Å². The van der Waals surface area contributed by atoms with E-state index >= 15 is 0 Å². The molecule has 0 atom stereocenters. The maximum atomic E-state index is 11.0. The third kappa shape index (κ3) is 4.64. The molecule has 122 valence electrons. The van der Waals surface area contributed by atoms with Crippen molar-refractivity contribution in [2.75, 3.05) is 29.6 Å². The molecule has 7 heteroatoms. The van der Waals surface area contributed by atoms with Crippen LogP contribution in [0.25, 0.3) is 0 Å². The molecule has 1 heterocycles. The first-order chi connectivity index (χ1) is 10.8. The molecule has 0 unspecified atom stereocenters. The molecule has 0 saturated heterocycles. The molecule has 1 amide bonds. The van der Waals surface area contributed by atoms with Gasteiger partial charge in [0.2, 0.25) is 17.8 Å². The summed E-state index contributed by atoms with van der Waals surface area (Å²) in [5.41, 5.74) is 1.58.